The molecule has 0 radical (unpaired) electrons. The summed E-state index contributed by atoms with van der Waals surface area (Å²) in [5.41, 5.74) is 0. The van der Waals surface area contributed by atoms with Gasteiger partial charge >= 0.3 is 0 Å². The lowest BCUT2D eigenvalue weighted by atomic mass is 10.0. The molecule has 0 aromatic carbocycles. The van der Waals surface area contributed by atoms with Gasteiger partial charge in [0.2, 0.25) is 0 Å². The second kappa shape index (κ2) is 2.37. The number of carbonyl (C=O) groups excluding carboxylic acids is 1. The Bertz CT molecular complexity index is 151. The van der Waals surface area contributed by atoms with Crippen molar-refractivity contribution in [2.45, 2.75) is 38.5 Å². The van der Waals surface area contributed by atoms with E-state index >= 15 is 0 Å². The SMILES string of the molecule is O=C1CCCCC[C@H]2CC12. The van der Waals surface area contributed by atoms with Crippen molar-refractivity contribution in [1.82, 2.24) is 0 Å². The van der Waals surface area contributed by atoms with Crippen molar-refractivity contribution < 1.29 is 4.79 Å². The summed E-state index contributed by atoms with van der Waals surface area (Å²) in [5, 5.41) is 0. The molecule has 0 aromatic heterocycles. The molecular weight excluding hydrogens is 124 g/mol. The molecule has 2 aliphatic carbocycles. The van der Waals surface area contributed by atoms with E-state index in [1.807, 2.05) is 0 Å². The maximum absolute atomic E-state index is 11.2. The molecule has 0 aromatic rings. The van der Waals surface area contributed by atoms with Crippen LogP contribution in [0.15, 0.2) is 0 Å². The summed E-state index contributed by atoms with van der Waals surface area (Å²) in [4.78, 5) is 11.2. The van der Waals surface area contributed by atoms with Gasteiger partial charge in [-0.05, 0) is 25.2 Å². The summed E-state index contributed by atoms with van der Waals surface area (Å²) in [6.07, 6.45) is 7.24. The Morgan fingerprint density at radius 3 is 3.00 bits per heavy atom. The Labute approximate surface area is 61.8 Å². The third-order valence-electron chi connectivity index (χ3n) is 2.83. The van der Waals surface area contributed by atoms with Crippen molar-refractivity contribution in [3.05, 3.63) is 0 Å². The number of carbonyl (C=O) groups is 1. The van der Waals surface area contributed by atoms with E-state index in [4.69, 9.17) is 0 Å². The summed E-state index contributed by atoms with van der Waals surface area (Å²) in [5.74, 6) is 1.89. The van der Waals surface area contributed by atoms with E-state index in [1.54, 1.807) is 0 Å². The molecule has 10 heavy (non-hydrogen) atoms. The second-order valence-electron chi connectivity index (χ2n) is 3.67. The van der Waals surface area contributed by atoms with Gasteiger partial charge in [0.15, 0.2) is 0 Å². The van der Waals surface area contributed by atoms with Crippen molar-refractivity contribution in [3.63, 3.8) is 0 Å². The summed E-state index contributed by atoms with van der Waals surface area (Å²) < 4.78 is 0. The van der Waals surface area contributed by atoms with Gasteiger partial charge in [0.25, 0.3) is 0 Å². The minimum atomic E-state index is 0.514. The first-order valence-electron chi connectivity index (χ1n) is 4.40. The number of fused-ring (bicyclic) bond motifs is 1. The van der Waals surface area contributed by atoms with Gasteiger partial charge in [0, 0.05) is 12.3 Å². The molecule has 2 aliphatic rings. The molecule has 2 fully saturated rings. The van der Waals surface area contributed by atoms with Crippen LogP contribution in [0, 0.1) is 11.8 Å². The largest absolute Gasteiger partial charge is 0.299 e. The smallest absolute Gasteiger partial charge is 0.136 e. The van der Waals surface area contributed by atoms with Crippen molar-refractivity contribution in [2.75, 3.05) is 0 Å². The second-order valence-corrected chi connectivity index (χ2v) is 3.67. The number of Topliss-reactive ketones (excluding diaryl/α,β-unsaturated/α-hetero) is 1. The molecule has 0 aliphatic heterocycles. The van der Waals surface area contributed by atoms with E-state index in [1.165, 1.54) is 25.7 Å². The van der Waals surface area contributed by atoms with Gasteiger partial charge in [-0.2, -0.15) is 0 Å². The summed E-state index contributed by atoms with van der Waals surface area (Å²) in [6.45, 7) is 0. The van der Waals surface area contributed by atoms with Crippen molar-refractivity contribution >= 4 is 5.78 Å². The van der Waals surface area contributed by atoms with Crippen molar-refractivity contribution in [1.29, 1.82) is 0 Å². The Hall–Kier alpha value is -0.330. The topological polar surface area (TPSA) is 17.1 Å². The Kier molecular flexibility index (Phi) is 1.51. The fourth-order valence-corrected chi connectivity index (χ4v) is 2.03. The van der Waals surface area contributed by atoms with E-state index in [2.05, 4.69) is 0 Å². The normalized spacial score (nSPS) is 39.8. The molecule has 56 valence electrons. The summed E-state index contributed by atoms with van der Waals surface area (Å²) >= 11 is 0. The van der Waals surface area contributed by atoms with Crippen LogP contribution < -0.4 is 0 Å². The van der Waals surface area contributed by atoms with Crippen molar-refractivity contribution in [3.8, 4) is 0 Å². The van der Waals surface area contributed by atoms with Gasteiger partial charge in [-0.25, -0.2) is 0 Å². The Morgan fingerprint density at radius 2 is 2.10 bits per heavy atom. The standard InChI is InChI=1S/C9H14O/c10-9-5-3-1-2-4-7-6-8(7)9/h7-8H,1-6H2/t7-,8?/m0/s1. The monoisotopic (exact) mass is 138 g/mol. The highest BCUT2D eigenvalue weighted by Crippen LogP contribution is 2.45. The third kappa shape index (κ3) is 1.09. The Morgan fingerprint density at radius 1 is 1.20 bits per heavy atom. The molecule has 0 spiro atoms. The van der Waals surface area contributed by atoms with E-state index in [0.29, 0.717) is 11.7 Å². The predicted molar refractivity (Wildman–Crippen MR) is 39.7 cm³/mol. The molecule has 0 heterocycles. The first-order chi connectivity index (χ1) is 4.88. The number of hydrogen-bond acceptors (Lipinski definition) is 1. The minimum absolute atomic E-state index is 0.514. The van der Waals surface area contributed by atoms with Gasteiger partial charge in [-0.15, -0.1) is 0 Å². The van der Waals surface area contributed by atoms with Gasteiger partial charge in [-0.1, -0.05) is 12.8 Å². The van der Waals surface area contributed by atoms with E-state index in [-0.39, 0.29) is 0 Å². The molecule has 2 rings (SSSR count). The van der Waals surface area contributed by atoms with Gasteiger partial charge in [-0.3, -0.25) is 4.79 Å². The minimum Gasteiger partial charge on any atom is -0.299 e. The molecule has 0 amide bonds. The van der Waals surface area contributed by atoms with Crippen LogP contribution in [-0.4, -0.2) is 5.78 Å². The van der Waals surface area contributed by atoms with Gasteiger partial charge in [0.1, 0.15) is 5.78 Å². The lowest BCUT2D eigenvalue weighted by Gasteiger charge is -2.04. The van der Waals surface area contributed by atoms with Gasteiger partial charge in [0.05, 0.1) is 0 Å². The van der Waals surface area contributed by atoms with Crippen LogP contribution in [-0.2, 0) is 4.79 Å². The number of rotatable bonds is 0. The fourth-order valence-electron chi connectivity index (χ4n) is 2.03. The number of hydrogen-bond donors (Lipinski definition) is 0. The molecule has 2 saturated carbocycles. The van der Waals surface area contributed by atoms with Crippen molar-refractivity contribution in [2.24, 2.45) is 11.8 Å². The average molecular weight is 138 g/mol. The summed E-state index contributed by atoms with van der Waals surface area (Å²) in [7, 11) is 0. The fraction of sp³-hybridized carbons (Fsp3) is 0.889. The highest BCUT2D eigenvalue weighted by molar-refractivity contribution is 5.83. The molecule has 0 bridgehead atoms. The Balaban J connectivity index is 1.94. The molecular formula is C9H14O. The first-order valence-corrected chi connectivity index (χ1v) is 4.40. The first kappa shape index (κ1) is 6.38. The maximum Gasteiger partial charge on any atom is 0.136 e. The predicted octanol–water partition coefficient (Wildman–Crippen LogP) is 2.16. The highest BCUT2D eigenvalue weighted by atomic mass is 16.1. The zero-order chi connectivity index (χ0) is 6.97. The van der Waals surface area contributed by atoms with Crippen LogP contribution in [0.25, 0.3) is 0 Å². The van der Waals surface area contributed by atoms with Crippen LogP contribution in [0.1, 0.15) is 38.5 Å². The maximum atomic E-state index is 11.2. The molecule has 1 nitrogen and oxygen atoms in total. The molecule has 0 N–H and O–H groups in total. The molecule has 0 saturated heterocycles. The van der Waals surface area contributed by atoms with Crippen LogP contribution in [0.5, 0.6) is 0 Å². The van der Waals surface area contributed by atoms with E-state index in [0.717, 1.165) is 18.8 Å². The molecule has 2 atom stereocenters. The quantitative estimate of drug-likeness (QED) is 0.501. The molecule has 1 heteroatoms. The lowest BCUT2D eigenvalue weighted by Crippen LogP contribution is -2.04. The van der Waals surface area contributed by atoms with E-state index in [9.17, 15) is 4.79 Å². The zero-order valence-electron chi connectivity index (χ0n) is 6.31. The highest BCUT2D eigenvalue weighted by Gasteiger charge is 2.41. The lowest BCUT2D eigenvalue weighted by molar-refractivity contribution is -0.120. The number of ketones is 1. The third-order valence-corrected chi connectivity index (χ3v) is 2.83. The van der Waals surface area contributed by atoms with E-state index < -0.39 is 0 Å². The van der Waals surface area contributed by atoms with Crippen LogP contribution in [0.2, 0.25) is 0 Å². The van der Waals surface area contributed by atoms with Crippen LogP contribution in [0.4, 0.5) is 0 Å². The molecule has 1 unspecified atom stereocenters. The zero-order valence-corrected chi connectivity index (χ0v) is 6.31. The van der Waals surface area contributed by atoms with Gasteiger partial charge < -0.3 is 0 Å². The van der Waals surface area contributed by atoms with Crippen LogP contribution in [0.3, 0.4) is 0 Å². The summed E-state index contributed by atoms with van der Waals surface area (Å²) in [6, 6.07) is 0. The van der Waals surface area contributed by atoms with Crippen LogP contribution >= 0.6 is 0 Å². The average Bonchev–Trinajstić information content (AvgIpc) is 2.62.